The van der Waals surface area contributed by atoms with Gasteiger partial charge in [0.05, 0.1) is 13.2 Å². The maximum absolute atomic E-state index is 12.2. The number of alkyl carbamates (subject to hydrolysis) is 1. The molecular weight excluding hydrogens is 410 g/mol. The summed E-state index contributed by atoms with van der Waals surface area (Å²) in [4.78, 5) is 47.4. The van der Waals surface area contributed by atoms with Gasteiger partial charge in [0.25, 0.3) is 0 Å². The van der Waals surface area contributed by atoms with Crippen molar-refractivity contribution in [3.63, 3.8) is 0 Å². The van der Waals surface area contributed by atoms with Crippen molar-refractivity contribution in [1.29, 1.82) is 0 Å². The SMILES string of the molecule is CCC1(OC(=O)NCC(C)CCC(=O)N[C@@H](C[C@@H]2CCNC2=O)C(=O)O)COCOC1. The van der Waals surface area contributed by atoms with E-state index in [1.165, 1.54) is 0 Å². The zero-order valence-corrected chi connectivity index (χ0v) is 18.1. The lowest BCUT2D eigenvalue weighted by Crippen LogP contribution is -2.49. The molecule has 0 spiro atoms. The maximum atomic E-state index is 12.2. The highest BCUT2D eigenvalue weighted by Crippen LogP contribution is 2.21. The number of hydrogen-bond donors (Lipinski definition) is 4. The van der Waals surface area contributed by atoms with Crippen molar-refractivity contribution in [2.24, 2.45) is 11.8 Å². The summed E-state index contributed by atoms with van der Waals surface area (Å²) < 4.78 is 15.9. The van der Waals surface area contributed by atoms with Crippen LogP contribution in [0.2, 0.25) is 0 Å². The van der Waals surface area contributed by atoms with Crippen LogP contribution in [0.1, 0.15) is 46.0 Å². The van der Waals surface area contributed by atoms with Crippen LogP contribution in [-0.4, -0.2) is 73.7 Å². The number of carbonyl (C=O) groups excluding carboxylic acids is 3. The molecule has 31 heavy (non-hydrogen) atoms. The van der Waals surface area contributed by atoms with Crippen LogP contribution in [-0.2, 0) is 28.6 Å². The van der Waals surface area contributed by atoms with E-state index >= 15 is 0 Å². The zero-order chi connectivity index (χ0) is 22.9. The standard InChI is InChI=1S/C20H33N3O8/c1-3-20(10-29-12-30-11-20)31-19(28)22-9-13(2)4-5-16(24)23-15(18(26)27)8-14-6-7-21-17(14)25/h13-15H,3-12H2,1-2H3,(H,21,25)(H,22,28)(H,23,24)(H,26,27)/t13?,14-,15-/m0/s1. The van der Waals surface area contributed by atoms with E-state index in [4.69, 9.17) is 14.2 Å². The second-order valence-electron chi connectivity index (χ2n) is 8.24. The van der Waals surface area contributed by atoms with Gasteiger partial charge in [0.15, 0.2) is 5.60 Å². The first-order valence-corrected chi connectivity index (χ1v) is 10.7. The van der Waals surface area contributed by atoms with Crippen LogP contribution in [0, 0.1) is 11.8 Å². The van der Waals surface area contributed by atoms with Gasteiger partial charge in [0.2, 0.25) is 11.8 Å². The molecule has 2 rings (SSSR count). The predicted molar refractivity (Wildman–Crippen MR) is 108 cm³/mol. The van der Waals surface area contributed by atoms with E-state index in [-0.39, 0.29) is 44.7 Å². The molecule has 2 aliphatic rings. The first kappa shape index (κ1) is 24.9. The number of ether oxygens (including phenoxy) is 3. The van der Waals surface area contributed by atoms with E-state index < -0.39 is 35.5 Å². The lowest BCUT2D eigenvalue weighted by Gasteiger charge is -2.35. The number of rotatable bonds is 11. The van der Waals surface area contributed by atoms with Gasteiger partial charge in [-0.05, 0) is 31.6 Å². The molecule has 3 atom stereocenters. The third-order valence-corrected chi connectivity index (χ3v) is 5.63. The Balaban J connectivity index is 1.68. The number of hydrogen-bond acceptors (Lipinski definition) is 7. The molecule has 2 saturated heterocycles. The van der Waals surface area contributed by atoms with E-state index in [0.29, 0.717) is 32.4 Å². The Morgan fingerprint density at radius 1 is 1.32 bits per heavy atom. The second kappa shape index (κ2) is 11.8. The summed E-state index contributed by atoms with van der Waals surface area (Å²) in [5.41, 5.74) is -0.798. The largest absolute Gasteiger partial charge is 0.480 e. The first-order valence-electron chi connectivity index (χ1n) is 10.7. The highest BCUT2D eigenvalue weighted by atomic mass is 16.7. The molecular formula is C20H33N3O8. The van der Waals surface area contributed by atoms with Gasteiger partial charge in [0, 0.05) is 25.4 Å². The van der Waals surface area contributed by atoms with E-state index in [1.807, 2.05) is 13.8 Å². The Kier molecular flexibility index (Phi) is 9.50. The van der Waals surface area contributed by atoms with Crippen molar-refractivity contribution in [3.05, 3.63) is 0 Å². The highest BCUT2D eigenvalue weighted by molar-refractivity contribution is 5.85. The number of aliphatic carboxylic acids is 1. The van der Waals surface area contributed by atoms with Crippen molar-refractivity contribution in [2.75, 3.05) is 33.1 Å². The van der Waals surface area contributed by atoms with Crippen LogP contribution in [0.4, 0.5) is 4.79 Å². The van der Waals surface area contributed by atoms with Gasteiger partial charge in [-0.3, -0.25) is 9.59 Å². The molecule has 2 aliphatic heterocycles. The van der Waals surface area contributed by atoms with Gasteiger partial charge in [-0.25, -0.2) is 9.59 Å². The van der Waals surface area contributed by atoms with Crippen LogP contribution >= 0.6 is 0 Å². The normalized spacial score (nSPS) is 22.1. The Morgan fingerprint density at radius 3 is 2.61 bits per heavy atom. The van der Waals surface area contributed by atoms with Crippen LogP contribution < -0.4 is 16.0 Å². The average molecular weight is 443 g/mol. The summed E-state index contributed by atoms with van der Waals surface area (Å²) in [6.07, 6.45) is 1.18. The molecule has 0 aromatic heterocycles. The second-order valence-corrected chi connectivity index (χ2v) is 8.24. The van der Waals surface area contributed by atoms with Crippen molar-refractivity contribution in [2.45, 2.75) is 57.6 Å². The fraction of sp³-hybridized carbons (Fsp3) is 0.800. The number of nitrogens with one attached hydrogen (secondary N) is 3. The smallest absolute Gasteiger partial charge is 0.407 e. The molecule has 1 unspecified atom stereocenters. The highest BCUT2D eigenvalue weighted by Gasteiger charge is 2.36. The number of carboxylic acid groups (broad SMARTS) is 1. The quantitative estimate of drug-likeness (QED) is 0.358. The average Bonchev–Trinajstić information content (AvgIpc) is 3.15. The molecule has 0 saturated carbocycles. The van der Waals surface area contributed by atoms with Crippen molar-refractivity contribution < 1.29 is 38.5 Å². The fourth-order valence-corrected chi connectivity index (χ4v) is 3.50. The Hall–Kier alpha value is -2.40. The molecule has 4 N–H and O–H groups in total. The topological polar surface area (TPSA) is 152 Å². The monoisotopic (exact) mass is 443 g/mol. The van der Waals surface area contributed by atoms with Gasteiger partial charge in [-0.1, -0.05) is 13.8 Å². The molecule has 11 heteroatoms. The molecule has 2 fully saturated rings. The van der Waals surface area contributed by atoms with Crippen molar-refractivity contribution >= 4 is 23.9 Å². The minimum Gasteiger partial charge on any atom is -0.480 e. The van der Waals surface area contributed by atoms with Crippen LogP contribution in [0.5, 0.6) is 0 Å². The maximum Gasteiger partial charge on any atom is 0.407 e. The van der Waals surface area contributed by atoms with E-state index in [9.17, 15) is 24.3 Å². The number of carbonyl (C=O) groups is 4. The fourth-order valence-electron chi connectivity index (χ4n) is 3.50. The Labute approximate surface area is 181 Å². The summed E-state index contributed by atoms with van der Waals surface area (Å²) >= 11 is 0. The van der Waals surface area contributed by atoms with Gasteiger partial charge >= 0.3 is 12.1 Å². The zero-order valence-electron chi connectivity index (χ0n) is 18.1. The molecule has 0 aromatic carbocycles. The minimum absolute atomic E-state index is 0.0291. The summed E-state index contributed by atoms with van der Waals surface area (Å²) in [7, 11) is 0. The van der Waals surface area contributed by atoms with E-state index in [1.54, 1.807) is 0 Å². The molecule has 0 bridgehead atoms. The van der Waals surface area contributed by atoms with Gasteiger partial charge in [-0.15, -0.1) is 0 Å². The molecule has 0 radical (unpaired) electrons. The van der Waals surface area contributed by atoms with Crippen LogP contribution in [0.15, 0.2) is 0 Å². The lowest BCUT2D eigenvalue weighted by molar-refractivity contribution is -0.199. The first-order chi connectivity index (χ1) is 14.7. The summed E-state index contributed by atoms with van der Waals surface area (Å²) in [5, 5.41) is 17.2. The van der Waals surface area contributed by atoms with Crippen LogP contribution in [0.25, 0.3) is 0 Å². The third-order valence-electron chi connectivity index (χ3n) is 5.63. The molecule has 3 amide bonds. The number of carboxylic acids is 1. The van der Waals surface area contributed by atoms with E-state index in [0.717, 1.165) is 0 Å². The predicted octanol–water partition coefficient (Wildman–Crippen LogP) is 0.378. The Morgan fingerprint density at radius 2 is 2.03 bits per heavy atom. The van der Waals surface area contributed by atoms with Crippen molar-refractivity contribution in [1.82, 2.24) is 16.0 Å². The molecule has 0 aliphatic carbocycles. The molecule has 176 valence electrons. The summed E-state index contributed by atoms with van der Waals surface area (Å²) in [5.74, 6) is -2.17. The van der Waals surface area contributed by atoms with Gasteiger partial charge in [-0.2, -0.15) is 0 Å². The third kappa shape index (κ3) is 7.98. The molecule has 11 nitrogen and oxygen atoms in total. The van der Waals surface area contributed by atoms with Gasteiger partial charge in [0.1, 0.15) is 12.8 Å². The number of amides is 3. The molecule has 2 heterocycles. The van der Waals surface area contributed by atoms with Crippen molar-refractivity contribution in [3.8, 4) is 0 Å². The van der Waals surface area contributed by atoms with E-state index in [2.05, 4.69) is 16.0 Å². The minimum atomic E-state index is -1.16. The molecule has 0 aromatic rings. The Bertz CT molecular complexity index is 650. The summed E-state index contributed by atoms with van der Waals surface area (Å²) in [6.45, 7) is 5.32. The van der Waals surface area contributed by atoms with Crippen LogP contribution in [0.3, 0.4) is 0 Å². The van der Waals surface area contributed by atoms with Gasteiger partial charge < -0.3 is 35.3 Å². The lowest BCUT2D eigenvalue weighted by atomic mass is 9.98. The summed E-state index contributed by atoms with van der Waals surface area (Å²) in [6, 6.07) is -1.10.